The lowest BCUT2D eigenvalue weighted by molar-refractivity contribution is 0.0942. The number of nitrogens with zero attached hydrogens (tertiary/aromatic N) is 2. The Morgan fingerprint density at radius 2 is 2.05 bits per heavy atom. The predicted molar refractivity (Wildman–Crippen MR) is 84.9 cm³/mol. The Morgan fingerprint density at radius 1 is 1.36 bits per heavy atom. The minimum absolute atomic E-state index is 0. The summed E-state index contributed by atoms with van der Waals surface area (Å²) < 4.78 is 10.2. The highest BCUT2D eigenvalue weighted by atomic mass is 35.5. The van der Waals surface area contributed by atoms with Crippen LogP contribution in [0.2, 0.25) is 0 Å². The van der Waals surface area contributed by atoms with E-state index in [1.54, 1.807) is 0 Å². The van der Waals surface area contributed by atoms with Crippen LogP contribution in [0.4, 0.5) is 0 Å². The first-order valence-electron chi connectivity index (χ1n) is 7.18. The number of rotatable bonds is 6. The molecule has 2 rings (SSSR count). The smallest absolute Gasteiger partial charge is 0.262 e. The molecule has 0 aliphatic carbocycles. The molecule has 1 atom stereocenters. The highest BCUT2D eigenvalue weighted by Crippen LogP contribution is 2.23. The van der Waals surface area contributed by atoms with Crippen molar-refractivity contribution < 1.29 is 14.3 Å². The third kappa shape index (κ3) is 4.71. The van der Waals surface area contributed by atoms with E-state index in [-0.39, 0.29) is 35.6 Å². The van der Waals surface area contributed by atoms with Crippen LogP contribution in [0, 0.1) is 5.92 Å². The van der Waals surface area contributed by atoms with E-state index in [2.05, 4.69) is 20.6 Å². The molecule has 22 heavy (non-hydrogen) atoms. The topological polar surface area (TPSA) is 85.4 Å². The summed E-state index contributed by atoms with van der Waals surface area (Å²) in [5, 5.41) is 6.26. The van der Waals surface area contributed by atoms with Gasteiger partial charge in [0.25, 0.3) is 5.91 Å². The molecule has 1 unspecified atom stereocenters. The quantitative estimate of drug-likeness (QED) is 0.810. The first-order chi connectivity index (χ1) is 10.3. The average Bonchev–Trinajstić information content (AvgIpc) is 2.54. The Kier molecular flexibility index (Phi) is 7.90. The van der Waals surface area contributed by atoms with Gasteiger partial charge in [0.2, 0.25) is 11.8 Å². The van der Waals surface area contributed by atoms with E-state index < -0.39 is 0 Å². The van der Waals surface area contributed by atoms with Gasteiger partial charge in [0.05, 0.1) is 14.2 Å². The molecule has 1 aliphatic heterocycles. The molecule has 0 aromatic carbocycles. The summed E-state index contributed by atoms with van der Waals surface area (Å²) in [4.78, 5) is 20.2. The second-order valence-electron chi connectivity index (χ2n) is 5.02. The van der Waals surface area contributed by atoms with Crippen LogP contribution >= 0.6 is 12.4 Å². The summed E-state index contributed by atoms with van der Waals surface area (Å²) >= 11 is 0. The predicted octanol–water partition coefficient (Wildman–Crippen LogP) is 1.04. The van der Waals surface area contributed by atoms with Crippen molar-refractivity contribution in [1.82, 2.24) is 20.6 Å². The van der Waals surface area contributed by atoms with Gasteiger partial charge in [-0.3, -0.25) is 4.79 Å². The summed E-state index contributed by atoms with van der Waals surface area (Å²) in [6, 6.07) is 0. The van der Waals surface area contributed by atoms with Gasteiger partial charge in [0.1, 0.15) is 6.33 Å². The fourth-order valence-electron chi connectivity index (χ4n) is 2.51. The van der Waals surface area contributed by atoms with Crippen molar-refractivity contribution in [1.29, 1.82) is 0 Å². The van der Waals surface area contributed by atoms with Crippen LogP contribution in [0.3, 0.4) is 0 Å². The Labute approximate surface area is 136 Å². The lowest BCUT2D eigenvalue weighted by Gasteiger charge is -2.22. The van der Waals surface area contributed by atoms with E-state index >= 15 is 0 Å². The molecule has 1 saturated heterocycles. The molecule has 2 N–H and O–H groups in total. The van der Waals surface area contributed by atoms with E-state index in [0.29, 0.717) is 12.5 Å². The number of ether oxygens (including phenoxy) is 2. The van der Waals surface area contributed by atoms with E-state index in [0.717, 1.165) is 19.5 Å². The van der Waals surface area contributed by atoms with Crippen LogP contribution in [-0.4, -0.2) is 49.7 Å². The molecular formula is C14H23ClN4O3. The van der Waals surface area contributed by atoms with Crippen molar-refractivity contribution in [3.8, 4) is 11.8 Å². The minimum atomic E-state index is -0.270. The molecule has 0 spiro atoms. The molecule has 1 aromatic rings. The van der Waals surface area contributed by atoms with E-state index in [4.69, 9.17) is 9.47 Å². The number of aromatic nitrogens is 2. The van der Waals surface area contributed by atoms with Crippen molar-refractivity contribution in [3.05, 3.63) is 11.9 Å². The van der Waals surface area contributed by atoms with Crippen LogP contribution in [-0.2, 0) is 0 Å². The van der Waals surface area contributed by atoms with Crippen LogP contribution in [0.1, 0.15) is 29.6 Å². The van der Waals surface area contributed by atoms with Gasteiger partial charge < -0.3 is 20.1 Å². The summed E-state index contributed by atoms with van der Waals surface area (Å²) in [5.41, 5.74) is 0.240. The fourth-order valence-corrected chi connectivity index (χ4v) is 2.51. The third-order valence-corrected chi connectivity index (χ3v) is 3.63. The maximum atomic E-state index is 12.3. The molecule has 8 heteroatoms. The number of hydrogen-bond donors (Lipinski definition) is 2. The first kappa shape index (κ1) is 18.4. The van der Waals surface area contributed by atoms with Crippen LogP contribution in [0.5, 0.6) is 11.8 Å². The molecule has 124 valence electrons. The van der Waals surface area contributed by atoms with Crippen molar-refractivity contribution in [2.45, 2.75) is 19.3 Å². The maximum absolute atomic E-state index is 12.3. The number of hydrogen-bond acceptors (Lipinski definition) is 6. The van der Waals surface area contributed by atoms with Crippen molar-refractivity contribution in [3.63, 3.8) is 0 Å². The van der Waals surface area contributed by atoms with E-state index in [1.165, 1.54) is 33.4 Å². The van der Waals surface area contributed by atoms with Crippen molar-refractivity contribution in [2.24, 2.45) is 5.92 Å². The second-order valence-corrected chi connectivity index (χ2v) is 5.02. The van der Waals surface area contributed by atoms with Gasteiger partial charge in [-0.1, -0.05) is 0 Å². The van der Waals surface area contributed by atoms with Crippen molar-refractivity contribution >= 4 is 18.3 Å². The monoisotopic (exact) mass is 330 g/mol. The van der Waals surface area contributed by atoms with E-state index in [9.17, 15) is 4.79 Å². The lowest BCUT2D eigenvalue weighted by Crippen LogP contribution is -2.33. The lowest BCUT2D eigenvalue weighted by atomic mass is 9.96. The van der Waals surface area contributed by atoms with E-state index in [1.807, 2.05) is 0 Å². The van der Waals surface area contributed by atoms with Gasteiger partial charge in [0.15, 0.2) is 5.56 Å². The molecule has 0 radical (unpaired) electrons. The number of methoxy groups -OCH3 is 2. The largest absolute Gasteiger partial charge is 0.480 e. The number of carbonyl (C=O) groups excluding carboxylic acids is 1. The molecular weight excluding hydrogens is 308 g/mol. The van der Waals surface area contributed by atoms with Gasteiger partial charge >= 0.3 is 0 Å². The Balaban J connectivity index is 0.00000242. The summed E-state index contributed by atoms with van der Waals surface area (Å²) in [6.07, 6.45) is 4.68. The standard InChI is InChI=1S/C14H22N4O3.ClH/c1-20-13-11(14(21-2)18-9-17-13)12(19)16-7-5-10-4-3-6-15-8-10;/h9-10,15H,3-8H2,1-2H3,(H,16,19);1H. The maximum Gasteiger partial charge on any atom is 0.262 e. The molecule has 7 nitrogen and oxygen atoms in total. The SMILES string of the molecule is COc1ncnc(OC)c1C(=O)NCCC1CCCNC1.Cl. The molecule has 1 amide bonds. The molecule has 0 bridgehead atoms. The summed E-state index contributed by atoms with van der Waals surface area (Å²) in [6.45, 7) is 2.74. The van der Waals surface area contributed by atoms with Gasteiger partial charge in [-0.15, -0.1) is 12.4 Å². The molecule has 1 aliphatic rings. The highest BCUT2D eigenvalue weighted by molar-refractivity contribution is 5.98. The second kappa shape index (κ2) is 9.42. The third-order valence-electron chi connectivity index (χ3n) is 3.63. The molecule has 1 aromatic heterocycles. The van der Waals surface area contributed by atoms with Crippen LogP contribution in [0.25, 0.3) is 0 Å². The van der Waals surface area contributed by atoms with Crippen LogP contribution in [0.15, 0.2) is 6.33 Å². The van der Waals surface area contributed by atoms with Gasteiger partial charge in [0, 0.05) is 6.54 Å². The van der Waals surface area contributed by atoms with Crippen LogP contribution < -0.4 is 20.1 Å². The number of carbonyl (C=O) groups is 1. The summed E-state index contributed by atoms with van der Waals surface area (Å²) in [5.74, 6) is 0.792. The summed E-state index contributed by atoms with van der Waals surface area (Å²) in [7, 11) is 2.93. The number of halogens is 1. The fraction of sp³-hybridized carbons (Fsp3) is 0.643. The number of amides is 1. The number of piperidine rings is 1. The van der Waals surface area contributed by atoms with Gasteiger partial charge in [-0.05, 0) is 38.3 Å². The normalized spacial score (nSPS) is 17.3. The Hall–Kier alpha value is -1.60. The highest BCUT2D eigenvalue weighted by Gasteiger charge is 2.21. The Bertz CT molecular complexity index is 459. The molecule has 2 heterocycles. The average molecular weight is 331 g/mol. The zero-order valence-corrected chi connectivity index (χ0v) is 13.7. The zero-order chi connectivity index (χ0) is 15.1. The van der Waals surface area contributed by atoms with Gasteiger partial charge in [-0.25, -0.2) is 9.97 Å². The first-order valence-corrected chi connectivity index (χ1v) is 7.18. The van der Waals surface area contributed by atoms with Crippen molar-refractivity contribution in [2.75, 3.05) is 33.9 Å². The number of nitrogens with one attached hydrogen (secondary N) is 2. The minimum Gasteiger partial charge on any atom is -0.480 e. The molecule has 1 fully saturated rings. The molecule has 0 saturated carbocycles. The Morgan fingerprint density at radius 3 is 2.59 bits per heavy atom. The zero-order valence-electron chi connectivity index (χ0n) is 12.9. The van der Waals surface area contributed by atoms with Gasteiger partial charge in [-0.2, -0.15) is 0 Å².